The van der Waals surface area contributed by atoms with E-state index in [1.54, 1.807) is 18.2 Å². The van der Waals surface area contributed by atoms with Crippen molar-refractivity contribution >= 4 is 11.5 Å². The number of nitrogens with zero attached hydrogens (tertiary/aromatic N) is 1. The first-order valence-corrected chi connectivity index (χ1v) is 5.74. The summed E-state index contributed by atoms with van der Waals surface area (Å²) in [6.45, 7) is 3.05. The highest BCUT2D eigenvalue weighted by Crippen LogP contribution is 2.22. The van der Waals surface area contributed by atoms with Crippen molar-refractivity contribution in [1.82, 2.24) is 4.90 Å². The molecule has 1 aromatic carbocycles. The molecule has 94 valence electrons. The molecule has 1 aromatic rings. The lowest BCUT2D eigenvalue weighted by Crippen LogP contribution is -2.21. The van der Waals surface area contributed by atoms with Crippen molar-refractivity contribution in [1.29, 1.82) is 0 Å². The summed E-state index contributed by atoms with van der Waals surface area (Å²) in [6.07, 6.45) is 0.931. The van der Waals surface area contributed by atoms with E-state index in [4.69, 9.17) is 10.5 Å². The third-order valence-corrected chi connectivity index (χ3v) is 2.25. The van der Waals surface area contributed by atoms with Crippen molar-refractivity contribution in [2.75, 3.05) is 33.0 Å². The van der Waals surface area contributed by atoms with E-state index >= 15 is 0 Å². The fraction of sp³-hybridized carbons (Fsp3) is 0.462. The molecule has 17 heavy (non-hydrogen) atoms. The Morgan fingerprint density at radius 2 is 2.12 bits per heavy atom. The van der Waals surface area contributed by atoms with Gasteiger partial charge in [-0.3, -0.25) is 4.79 Å². The van der Waals surface area contributed by atoms with Crippen molar-refractivity contribution in [3.05, 3.63) is 23.8 Å². The molecule has 0 fully saturated rings. The molecule has 0 bridgehead atoms. The van der Waals surface area contributed by atoms with Crippen LogP contribution in [0.3, 0.4) is 0 Å². The number of anilines is 1. The highest BCUT2D eigenvalue weighted by Gasteiger charge is 2.09. The second-order valence-corrected chi connectivity index (χ2v) is 4.26. The monoisotopic (exact) mass is 236 g/mol. The summed E-state index contributed by atoms with van der Waals surface area (Å²) in [5.41, 5.74) is 6.98. The molecule has 0 unspecified atom stereocenters. The summed E-state index contributed by atoms with van der Waals surface area (Å²) in [5, 5.41) is 0. The van der Waals surface area contributed by atoms with Gasteiger partial charge in [0.25, 0.3) is 0 Å². The third-order valence-electron chi connectivity index (χ3n) is 2.25. The van der Waals surface area contributed by atoms with Gasteiger partial charge < -0.3 is 15.4 Å². The molecule has 1 rings (SSSR count). The van der Waals surface area contributed by atoms with Crippen LogP contribution in [0.1, 0.15) is 23.7 Å². The smallest absolute Gasteiger partial charge is 0.176 e. The molecule has 0 heterocycles. The Labute approximate surface area is 102 Å². The first-order chi connectivity index (χ1) is 8.04. The second kappa shape index (κ2) is 6.25. The maximum absolute atomic E-state index is 11.8. The maximum atomic E-state index is 11.8. The number of ether oxygens (including phenoxy) is 1. The van der Waals surface area contributed by atoms with E-state index in [0.29, 0.717) is 30.2 Å². The summed E-state index contributed by atoms with van der Waals surface area (Å²) < 4.78 is 5.46. The molecule has 4 heteroatoms. The summed E-state index contributed by atoms with van der Waals surface area (Å²) in [4.78, 5) is 13.6. The number of carbonyl (C=O) groups is 1. The van der Waals surface area contributed by atoms with Crippen LogP contribution >= 0.6 is 0 Å². The Bertz CT molecular complexity index is 389. The highest BCUT2D eigenvalue weighted by atomic mass is 16.5. The van der Waals surface area contributed by atoms with E-state index in [9.17, 15) is 4.79 Å². The SMILES string of the molecule is CCCOc1ccc(C(=O)CN(C)C)cc1N. The van der Waals surface area contributed by atoms with Crippen LogP contribution in [-0.4, -0.2) is 37.9 Å². The van der Waals surface area contributed by atoms with Gasteiger partial charge in [0.1, 0.15) is 5.75 Å². The Kier molecular flexibility index (Phi) is 4.97. The van der Waals surface area contributed by atoms with Gasteiger partial charge in [0.05, 0.1) is 18.8 Å². The van der Waals surface area contributed by atoms with E-state index < -0.39 is 0 Å². The molecule has 0 aliphatic rings. The minimum atomic E-state index is 0.0590. The van der Waals surface area contributed by atoms with Crippen LogP contribution in [0.2, 0.25) is 0 Å². The average Bonchev–Trinajstić information content (AvgIpc) is 2.26. The van der Waals surface area contributed by atoms with Gasteiger partial charge in [-0.2, -0.15) is 0 Å². The van der Waals surface area contributed by atoms with Gasteiger partial charge in [0, 0.05) is 5.56 Å². The van der Waals surface area contributed by atoms with Crippen LogP contribution in [0.25, 0.3) is 0 Å². The summed E-state index contributed by atoms with van der Waals surface area (Å²) in [7, 11) is 3.72. The predicted molar refractivity (Wildman–Crippen MR) is 69.5 cm³/mol. The van der Waals surface area contributed by atoms with Crippen LogP contribution in [0.15, 0.2) is 18.2 Å². The number of benzene rings is 1. The van der Waals surface area contributed by atoms with Crippen molar-refractivity contribution in [3.63, 3.8) is 0 Å². The summed E-state index contributed by atoms with van der Waals surface area (Å²) >= 11 is 0. The van der Waals surface area contributed by atoms with Gasteiger partial charge >= 0.3 is 0 Å². The molecule has 0 radical (unpaired) electrons. The summed E-state index contributed by atoms with van der Waals surface area (Å²) in [5.74, 6) is 0.706. The highest BCUT2D eigenvalue weighted by molar-refractivity contribution is 5.98. The molecule has 4 nitrogen and oxygen atoms in total. The number of carbonyl (C=O) groups excluding carboxylic acids is 1. The number of hydrogen-bond donors (Lipinski definition) is 1. The Hall–Kier alpha value is -1.55. The largest absolute Gasteiger partial charge is 0.491 e. The van der Waals surface area contributed by atoms with Gasteiger partial charge in [0.15, 0.2) is 5.78 Å². The fourth-order valence-electron chi connectivity index (χ4n) is 1.44. The molecule has 0 saturated heterocycles. The molecule has 0 aromatic heterocycles. The molecule has 0 atom stereocenters. The lowest BCUT2D eigenvalue weighted by Gasteiger charge is -2.11. The van der Waals surface area contributed by atoms with Crippen molar-refractivity contribution < 1.29 is 9.53 Å². The van der Waals surface area contributed by atoms with Gasteiger partial charge in [-0.05, 0) is 38.7 Å². The first-order valence-electron chi connectivity index (χ1n) is 5.74. The van der Waals surface area contributed by atoms with Crippen molar-refractivity contribution in [2.24, 2.45) is 0 Å². The Morgan fingerprint density at radius 1 is 1.41 bits per heavy atom. The van der Waals surface area contributed by atoms with Crippen LogP contribution in [0, 0.1) is 0 Å². The minimum Gasteiger partial charge on any atom is -0.491 e. The zero-order valence-corrected chi connectivity index (χ0v) is 10.7. The second-order valence-electron chi connectivity index (χ2n) is 4.26. The van der Waals surface area contributed by atoms with Crippen molar-refractivity contribution in [2.45, 2.75) is 13.3 Å². The van der Waals surface area contributed by atoms with Crippen LogP contribution < -0.4 is 10.5 Å². The summed E-state index contributed by atoms with van der Waals surface area (Å²) in [6, 6.07) is 5.19. The number of likely N-dealkylation sites (N-methyl/N-ethyl adjacent to an activating group) is 1. The molecule has 0 amide bonds. The van der Waals surface area contributed by atoms with E-state index in [1.807, 2.05) is 25.9 Å². The van der Waals surface area contributed by atoms with Gasteiger partial charge in [-0.1, -0.05) is 6.92 Å². The molecular formula is C13H20N2O2. The van der Waals surface area contributed by atoms with Crippen LogP contribution in [0.5, 0.6) is 5.75 Å². The predicted octanol–water partition coefficient (Wildman–Crippen LogP) is 1.80. The molecular weight excluding hydrogens is 216 g/mol. The lowest BCUT2D eigenvalue weighted by atomic mass is 10.1. The normalized spacial score (nSPS) is 10.6. The van der Waals surface area contributed by atoms with E-state index in [1.165, 1.54) is 0 Å². The number of Topliss-reactive ketones (excluding diaryl/α,β-unsaturated/α-hetero) is 1. The standard InChI is InChI=1S/C13H20N2O2/c1-4-7-17-13-6-5-10(8-11(13)14)12(16)9-15(2)3/h5-6,8H,4,7,9,14H2,1-3H3. The van der Waals surface area contributed by atoms with Gasteiger partial charge in [-0.15, -0.1) is 0 Å². The Morgan fingerprint density at radius 3 is 2.65 bits per heavy atom. The lowest BCUT2D eigenvalue weighted by molar-refractivity contribution is 0.0958. The Balaban J connectivity index is 2.77. The number of nitrogens with two attached hydrogens (primary N) is 1. The first kappa shape index (κ1) is 13.5. The van der Waals surface area contributed by atoms with Gasteiger partial charge in [0.2, 0.25) is 0 Å². The molecule has 0 saturated carbocycles. The van der Waals surface area contributed by atoms with E-state index in [0.717, 1.165) is 6.42 Å². The fourth-order valence-corrected chi connectivity index (χ4v) is 1.44. The molecule has 0 aliphatic heterocycles. The zero-order valence-electron chi connectivity index (χ0n) is 10.7. The molecule has 0 spiro atoms. The number of ketones is 1. The van der Waals surface area contributed by atoms with Crippen LogP contribution in [0.4, 0.5) is 5.69 Å². The average molecular weight is 236 g/mol. The number of nitrogen functional groups attached to an aromatic ring is 1. The van der Waals surface area contributed by atoms with E-state index in [2.05, 4.69) is 0 Å². The maximum Gasteiger partial charge on any atom is 0.176 e. The van der Waals surface area contributed by atoms with Gasteiger partial charge in [-0.25, -0.2) is 0 Å². The topological polar surface area (TPSA) is 55.6 Å². The van der Waals surface area contributed by atoms with E-state index in [-0.39, 0.29) is 5.78 Å². The third kappa shape index (κ3) is 4.07. The number of rotatable bonds is 6. The number of hydrogen-bond acceptors (Lipinski definition) is 4. The quantitative estimate of drug-likeness (QED) is 0.604. The van der Waals surface area contributed by atoms with Crippen molar-refractivity contribution in [3.8, 4) is 5.75 Å². The minimum absolute atomic E-state index is 0.0590. The van der Waals surface area contributed by atoms with Crippen LogP contribution in [-0.2, 0) is 0 Å². The molecule has 0 aliphatic carbocycles. The zero-order chi connectivity index (χ0) is 12.8. The molecule has 2 N–H and O–H groups in total.